The molecule has 0 fully saturated rings. The van der Waals surface area contributed by atoms with Gasteiger partial charge in [0.1, 0.15) is 17.7 Å². The Hall–Kier alpha value is -3.25. The third kappa shape index (κ3) is 4.18. The summed E-state index contributed by atoms with van der Waals surface area (Å²) in [5.74, 6) is 0.496. The normalized spacial score (nSPS) is 16.8. The maximum atomic E-state index is 13.0. The summed E-state index contributed by atoms with van der Waals surface area (Å²) in [4.78, 5) is 0. The number of anilines is 1. The second-order valence-electron chi connectivity index (χ2n) is 6.35. The predicted molar refractivity (Wildman–Crippen MR) is 113 cm³/mol. The Morgan fingerprint density at radius 1 is 0.964 bits per heavy atom. The summed E-state index contributed by atoms with van der Waals surface area (Å²) in [5.41, 5.74) is 6.47. The molecule has 0 radical (unpaired) electrons. The van der Waals surface area contributed by atoms with Gasteiger partial charge in [0.15, 0.2) is 5.11 Å². The van der Waals surface area contributed by atoms with Gasteiger partial charge in [-0.15, -0.1) is 0 Å². The summed E-state index contributed by atoms with van der Waals surface area (Å²) in [7, 11) is 0. The lowest BCUT2D eigenvalue weighted by Crippen LogP contribution is -2.28. The van der Waals surface area contributed by atoms with Crippen LogP contribution in [0.3, 0.4) is 0 Å². The molecule has 1 aliphatic rings. The van der Waals surface area contributed by atoms with Crippen LogP contribution in [0.4, 0.5) is 10.1 Å². The third-order valence-electron chi connectivity index (χ3n) is 4.41. The van der Waals surface area contributed by atoms with E-state index in [1.807, 2.05) is 54.6 Å². The maximum absolute atomic E-state index is 13.0. The van der Waals surface area contributed by atoms with Crippen LogP contribution in [0.5, 0.6) is 5.75 Å². The number of thiocarbonyl (C=S) groups is 1. The van der Waals surface area contributed by atoms with Crippen molar-refractivity contribution in [1.82, 2.24) is 5.43 Å². The summed E-state index contributed by atoms with van der Waals surface area (Å²) < 4.78 is 19.2. The van der Waals surface area contributed by atoms with E-state index in [4.69, 9.17) is 17.0 Å². The fourth-order valence-corrected chi connectivity index (χ4v) is 3.22. The molecule has 140 valence electrons. The number of halogens is 1. The van der Waals surface area contributed by atoms with Gasteiger partial charge in [-0.2, -0.15) is 5.10 Å². The lowest BCUT2D eigenvalue weighted by Gasteiger charge is -2.27. The first kappa shape index (κ1) is 18.1. The highest BCUT2D eigenvalue weighted by atomic mass is 32.1. The third-order valence-corrected chi connectivity index (χ3v) is 4.61. The van der Waals surface area contributed by atoms with Gasteiger partial charge in [0.2, 0.25) is 0 Å². The predicted octanol–water partition coefficient (Wildman–Crippen LogP) is 5.04. The first-order valence-corrected chi connectivity index (χ1v) is 9.30. The summed E-state index contributed by atoms with van der Waals surface area (Å²) in [6.07, 6.45) is 0.503. The van der Waals surface area contributed by atoms with Gasteiger partial charge < -0.3 is 10.1 Å². The standard InChI is InChI=1S/C22H18FN3OS/c23-16-10-12-17(13-11-16)24-22(28)26-25-19-14-21(15-6-2-1-3-7-15)27-20-9-5-4-8-18(19)20/h1-13,21H,14H2,(H2,24,26,28)/b25-19+. The molecule has 0 aliphatic carbocycles. The number of rotatable bonds is 3. The van der Waals surface area contributed by atoms with E-state index in [1.165, 1.54) is 12.1 Å². The van der Waals surface area contributed by atoms with Crippen molar-refractivity contribution in [2.45, 2.75) is 12.5 Å². The largest absolute Gasteiger partial charge is 0.485 e. The van der Waals surface area contributed by atoms with Gasteiger partial charge in [0.05, 0.1) is 5.71 Å². The van der Waals surface area contributed by atoms with Crippen LogP contribution in [0.2, 0.25) is 0 Å². The van der Waals surface area contributed by atoms with Gasteiger partial charge >= 0.3 is 0 Å². The lowest BCUT2D eigenvalue weighted by molar-refractivity contribution is 0.206. The first-order chi connectivity index (χ1) is 13.7. The van der Waals surface area contributed by atoms with Gasteiger partial charge in [-0.3, -0.25) is 5.43 Å². The Morgan fingerprint density at radius 2 is 1.68 bits per heavy atom. The fraction of sp³-hybridized carbons (Fsp3) is 0.0909. The van der Waals surface area contributed by atoms with E-state index in [9.17, 15) is 4.39 Å². The van der Waals surface area contributed by atoms with Crippen LogP contribution < -0.4 is 15.5 Å². The summed E-state index contributed by atoms with van der Waals surface area (Å²) in [6.45, 7) is 0. The van der Waals surface area contributed by atoms with Crippen LogP contribution in [0, 0.1) is 5.82 Å². The summed E-state index contributed by atoms with van der Waals surface area (Å²) >= 11 is 5.30. The van der Waals surface area contributed by atoms with Crippen molar-refractivity contribution in [2.24, 2.45) is 5.10 Å². The van der Waals surface area contributed by atoms with Crippen LogP contribution in [0.15, 0.2) is 84.0 Å². The number of nitrogens with zero attached hydrogens (tertiary/aromatic N) is 1. The minimum Gasteiger partial charge on any atom is -0.485 e. The Balaban J connectivity index is 1.53. The number of hydrogen-bond acceptors (Lipinski definition) is 3. The molecule has 1 heterocycles. The topological polar surface area (TPSA) is 45.7 Å². The Morgan fingerprint density at radius 3 is 2.46 bits per heavy atom. The molecular formula is C22H18FN3OS. The molecule has 0 saturated carbocycles. The average molecular weight is 391 g/mol. The second-order valence-corrected chi connectivity index (χ2v) is 6.76. The van der Waals surface area contributed by atoms with Crippen LogP contribution in [0.25, 0.3) is 0 Å². The molecule has 6 heteroatoms. The Kier molecular flexibility index (Phi) is 5.30. The number of benzene rings is 3. The fourth-order valence-electron chi connectivity index (χ4n) is 3.06. The van der Waals surface area contributed by atoms with E-state index >= 15 is 0 Å². The van der Waals surface area contributed by atoms with Crippen molar-refractivity contribution in [3.63, 3.8) is 0 Å². The van der Waals surface area contributed by atoms with E-state index in [1.54, 1.807) is 12.1 Å². The molecule has 4 nitrogen and oxygen atoms in total. The van der Waals surface area contributed by atoms with E-state index in [0.29, 0.717) is 17.2 Å². The number of ether oxygens (including phenoxy) is 1. The van der Waals surface area contributed by atoms with Crippen LogP contribution in [0.1, 0.15) is 23.7 Å². The molecular weight excluding hydrogens is 373 g/mol. The van der Waals surface area contributed by atoms with Gasteiger partial charge in [-0.25, -0.2) is 4.39 Å². The van der Waals surface area contributed by atoms with Gasteiger partial charge in [0.25, 0.3) is 0 Å². The van der Waals surface area contributed by atoms with Crippen molar-refractivity contribution in [1.29, 1.82) is 0 Å². The van der Waals surface area contributed by atoms with Gasteiger partial charge in [-0.05, 0) is 54.2 Å². The van der Waals surface area contributed by atoms with Crippen molar-refractivity contribution in [2.75, 3.05) is 5.32 Å². The molecule has 2 N–H and O–H groups in total. The molecule has 0 spiro atoms. The molecule has 3 aromatic rings. The van der Waals surface area contributed by atoms with Gasteiger partial charge in [-0.1, -0.05) is 42.5 Å². The molecule has 0 aromatic heterocycles. The SMILES string of the molecule is Fc1ccc(NC(=S)N/N=C2\CC(c3ccccc3)Oc3ccccc32)cc1. The summed E-state index contributed by atoms with van der Waals surface area (Å²) in [5, 5.41) is 7.85. The molecule has 28 heavy (non-hydrogen) atoms. The molecule has 4 rings (SSSR count). The minimum atomic E-state index is -0.296. The van der Waals surface area contributed by atoms with E-state index in [-0.39, 0.29) is 11.9 Å². The molecule has 0 bridgehead atoms. The monoisotopic (exact) mass is 391 g/mol. The quantitative estimate of drug-likeness (QED) is 0.485. The number of hydrazone groups is 1. The first-order valence-electron chi connectivity index (χ1n) is 8.89. The number of hydrogen-bond donors (Lipinski definition) is 2. The highest BCUT2D eigenvalue weighted by Crippen LogP contribution is 2.34. The summed E-state index contributed by atoms with van der Waals surface area (Å²) in [6, 6.07) is 23.9. The average Bonchev–Trinajstić information content (AvgIpc) is 2.74. The zero-order valence-electron chi connectivity index (χ0n) is 14.9. The molecule has 1 atom stereocenters. The van der Waals surface area contributed by atoms with Crippen LogP contribution >= 0.6 is 12.2 Å². The van der Waals surface area contributed by atoms with Crippen LogP contribution in [-0.2, 0) is 0 Å². The minimum absolute atomic E-state index is 0.115. The number of para-hydroxylation sites is 1. The molecule has 1 unspecified atom stereocenters. The van der Waals surface area contributed by atoms with E-state index in [0.717, 1.165) is 22.6 Å². The van der Waals surface area contributed by atoms with Crippen molar-refractivity contribution in [3.05, 3.63) is 95.8 Å². The Bertz CT molecular complexity index is 1010. The lowest BCUT2D eigenvalue weighted by atomic mass is 9.96. The van der Waals surface area contributed by atoms with E-state index < -0.39 is 0 Å². The number of fused-ring (bicyclic) bond motifs is 1. The Labute approximate surface area is 168 Å². The number of nitrogens with one attached hydrogen (secondary N) is 2. The highest BCUT2D eigenvalue weighted by Gasteiger charge is 2.26. The van der Waals surface area contributed by atoms with Crippen molar-refractivity contribution < 1.29 is 9.13 Å². The molecule has 3 aromatic carbocycles. The smallest absolute Gasteiger partial charge is 0.191 e. The highest BCUT2D eigenvalue weighted by molar-refractivity contribution is 7.80. The zero-order valence-corrected chi connectivity index (χ0v) is 15.7. The maximum Gasteiger partial charge on any atom is 0.191 e. The zero-order chi connectivity index (χ0) is 19.3. The van der Waals surface area contributed by atoms with Crippen molar-refractivity contribution in [3.8, 4) is 5.75 Å². The van der Waals surface area contributed by atoms with Crippen LogP contribution in [-0.4, -0.2) is 10.8 Å². The second kappa shape index (κ2) is 8.19. The molecule has 1 aliphatic heterocycles. The molecule has 0 saturated heterocycles. The van der Waals surface area contributed by atoms with Crippen molar-refractivity contribution >= 4 is 28.7 Å². The van der Waals surface area contributed by atoms with Gasteiger partial charge in [0, 0.05) is 17.7 Å². The molecule has 0 amide bonds. The van der Waals surface area contributed by atoms with E-state index in [2.05, 4.69) is 15.8 Å².